The molecule has 0 aliphatic rings. The van der Waals surface area contributed by atoms with E-state index in [1.807, 2.05) is 0 Å². The van der Waals surface area contributed by atoms with Crippen molar-refractivity contribution >= 4 is 17.4 Å². The van der Waals surface area contributed by atoms with Gasteiger partial charge in [-0.05, 0) is 18.2 Å². The van der Waals surface area contributed by atoms with E-state index in [4.69, 9.17) is 16.3 Å². The van der Waals surface area contributed by atoms with Crippen LogP contribution in [0.5, 0.6) is 5.75 Å². The Morgan fingerprint density at radius 2 is 2.10 bits per heavy atom. The number of Topliss-reactive ketones (excluding diaryl/α,β-unsaturated/α-hetero) is 1. The quantitative estimate of drug-likeness (QED) is 0.856. The molecule has 0 amide bonds. The number of nitrogens with zero attached hydrogens (tertiary/aromatic N) is 1. The van der Waals surface area contributed by atoms with Crippen LogP contribution in [-0.4, -0.2) is 22.4 Å². The second-order valence-corrected chi connectivity index (χ2v) is 4.42. The number of carbonyl (C=O) groups is 1. The average molecular weight is 295 g/mol. The summed E-state index contributed by atoms with van der Waals surface area (Å²) in [5.41, 5.74) is -0.787. The van der Waals surface area contributed by atoms with Gasteiger partial charge in [-0.15, -0.1) is 0 Å². The van der Waals surface area contributed by atoms with Crippen LogP contribution in [0.1, 0.15) is 10.4 Å². The van der Waals surface area contributed by atoms with E-state index < -0.39 is 11.2 Å². The van der Waals surface area contributed by atoms with Crippen LogP contribution in [0.15, 0.2) is 40.1 Å². The third-order valence-corrected chi connectivity index (χ3v) is 2.98. The number of carbonyl (C=O) groups excluding carboxylic acids is 1. The second kappa shape index (κ2) is 5.75. The van der Waals surface area contributed by atoms with Crippen LogP contribution in [0.3, 0.4) is 0 Å². The van der Waals surface area contributed by atoms with Crippen molar-refractivity contribution in [3.05, 3.63) is 61.9 Å². The standard InChI is InChI=1S/C13H11ClN2O4/c1-20-11-3-2-8(6-9(11)14)10(17)7-16-5-4-12(18)15-13(16)19/h2-6H,7H2,1H3,(H,15,18,19). The molecule has 0 spiro atoms. The van der Waals surface area contributed by atoms with Gasteiger partial charge in [0.15, 0.2) is 5.78 Å². The van der Waals surface area contributed by atoms with Gasteiger partial charge in [0.05, 0.1) is 18.7 Å². The number of aromatic amines is 1. The Bertz CT molecular complexity index is 763. The topological polar surface area (TPSA) is 81.2 Å². The molecule has 1 heterocycles. The van der Waals surface area contributed by atoms with Crippen LogP contribution < -0.4 is 16.0 Å². The van der Waals surface area contributed by atoms with E-state index in [-0.39, 0.29) is 12.3 Å². The number of ether oxygens (including phenoxy) is 1. The molecule has 0 aliphatic heterocycles. The predicted molar refractivity (Wildman–Crippen MR) is 73.7 cm³/mol. The predicted octanol–water partition coefficient (Wildman–Crippen LogP) is 1.08. The van der Waals surface area contributed by atoms with Crippen LogP contribution in [0.2, 0.25) is 5.02 Å². The Hall–Kier alpha value is -2.34. The Balaban J connectivity index is 2.26. The van der Waals surface area contributed by atoms with Gasteiger partial charge >= 0.3 is 5.69 Å². The summed E-state index contributed by atoms with van der Waals surface area (Å²) in [6, 6.07) is 5.78. The molecule has 104 valence electrons. The number of H-pyrrole nitrogens is 1. The van der Waals surface area contributed by atoms with Crippen molar-refractivity contribution in [1.29, 1.82) is 0 Å². The summed E-state index contributed by atoms with van der Waals surface area (Å²) in [4.78, 5) is 36.5. The maximum atomic E-state index is 12.1. The molecule has 6 nitrogen and oxygen atoms in total. The van der Waals surface area contributed by atoms with Crippen molar-refractivity contribution in [2.45, 2.75) is 6.54 Å². The van der Waals surface area contributed by atoms with Gasteiger partial charge in [-0.3, -0.25) is 19.1 Å². The summed E-state index contributed by atoms with van der Waals surface area (Å²) in [6.45, 7) is -0.182. The summed E-state index contributed by atoms with van der Waals surface area (Å²) in [7, 11) is 1.47. The lowest BCUT2D eigenvalue weighted by molar-refractivity contribution is 0.0970. The fourth-order valence-electron chi connectivity index (χ4n) is 1.65. The number of ketones is 1. The summed E-state index contributed by atoms with van der Waals surface area (Å²) in [6.07, 6.45) is 1.27. The zero-order valence-corrected chi connectivity index (χ0v) is 11.3. The first-order valence-electron chi connectivity index (χ1n) is 5.68. The van der Waals surface area contributed by atoms with Crippen LogP contribution >= 0.6 is 11.6 Å². The van der Waals surface area contributed by atoms with Gasteiger partial charge in [0, 0.05) is 17.8 Å². The largest absolute Gasteiger partial charge is 0.495 e. The molecular weight excluding hydrogens is 284 g/mol. The Morgan fingerprint density at radius 1 is 1.35 bits per heavy atom. The monoisotopic (exact) mass is 294 g/mol. The molecule has 2 rings (SSSR count). The van der Waals surface area contributed by atoms with Crippen molar-refractivity contribution in [1.82, 2.24) is 9.55 Å². The van der Waals surface area contributed by atoms with Crippen molar-refractivity contribution < 1.29 is 9.53 Å². The van der Waals surface area contributed by atoms with Crippen molar-refractivity contribution in [2.24, 2.45) is 0 Å². The van der Waals surface area contributed by atoms with E-state index in [1.54, 1.807) is 12.1 Å². The number of rotatable bonds is 4. The number of nitrogens with one attached hydrogen (secondary N) is 1. The number of methoxy groups -OCH3 is 1. The molecule has 7 heteroatoms. The minimum Gasteiger partial charge on any atom is -0.495 e. The summed E-state index contributed by atoms with van der Waals surface area (Å²) in [5.74, 6) is 0.160. The number of benzene rings is 1. The molecular formula is C13H11ClN2O4. The van der Waals surface area contributed by atoms with Crippen LogP contribution in [0, 0.1) is 0 Å². The molecule has 1 N–H and O–H groups in total. The van der Waals surface area contributed by atoms with E-state index in [2.05, 4.69) is 4.98 Å². The Labute approximate surface area is 118 Å². The normalized spacial score (nSPS) is 10.3. The minimum absolute atomic E-state index is 0.182. The van der Waals surface area contributed by atoms with Gasteiger partial charge in [-0.25, -0.2) is 4.79 Å². The molecule has 1 aromatic heterocycles. The zero-order chi connectivity index (χ0) is 14.7. The van der Waals surface area contributed by atoms with Gasteiger partial charge in [0.2, 0.25) is 0 Å². The minimum atomic E-state index is -0.634. The highest BCUT2D eigenvalue weighted by atomic mass is 35.5. The molecule has 0 atom stereocenters. The lowest BCUT2D eigenvalue weighted by Crippen LogP contribution is -2.30. The smallest absolute Gasteiger partial charge is 0.328 e. The van der Waals surface area contributed by atoms with E-state index in [9.17, 15) is 14.4 Å². The van der Waals surface area contributed by atoms with E-state index in [1.165, 1.54) is 25.4 Å². The number of halogens is 1. The summed E-state index contributed by atoms with van der Waals surface area (Å²) >= 11 is 5.94. The van der Waals surface area contributed by atoms with Crippen LogP contribution in [0.25, 0.3) is 0 Å². The maximum absolute atomic E-state index is 12.1. The zero-order valence-electron chi connectivity index (χ0n) is 10.6. The average Bonchev–Trinajstić information content (AvgIpc) is 2.41. The summed E-state index contributed by atoms with van der Waals surface area (Å²) in [5, 5.41) is 0.312. The fraction of sp³-hybridized carbons (Fsp3) is 0.154. The molecule has 0 bridgehead atoms. The van der Waals surface area contributed by atoms with Crippen molar-refractivity contribution in [3.8, 4) is 5.75 Å². The molecule has 0 saturated heterocycles. The van der Waals surface area contributed by atoms with E-state index in [0.29, 0.717) is 16.3 Å². The number of hydrogen-bond acceptors (Lipinski definition) is 4. The third-order valence-electron chi connectivity index (χ3n) is 2.68. The van der Waals surface area contributed by atoms with Crippen molar-refractivity contribution in [2.75, 3.05) is 7.11 Å². The third kappa shape index (κ3) is 2.97. The summed E-state index contributed by atoms with van der Waals surface area (Å²) < 4.78 is 6.11. The molecule has 0 unspecified atom stereocenters. The first kappa shape index (κ1) is 14.1. The van der Waals surface area contributed by atoms with Crippen LogP contribution in [-0.2, 0) is 6.54 Å². The highest BCUT2D eigenvalue weighted by Gasteiger charge is 2.10. The molecule has 0 aliphatic carbocycles. The Kier molecular flexibility index (Phi) is 4.05. The van der Waals surface area contributed by atoms with E-state index in [0.717, 1.165) is 4.57 Å². The second-order valence-electron chi connectivity index (χ2n) is 4.01. The van der Waals surface area contributed by atoms with Gasteiger partial charge in [0.25, 0.3) is 5.56 Å². The number of aromatic nitrogens is 2. The first-order valence-corrected chi connectivity index (χ1v) is 6.05. The highest BCUT2D eigenvalue weighted by Crippen LogP contribution is 2.25. The highest BCUT2D eigenvalue weighted by molar-refractivity contribution is 6.32. The molecule has 0 saturated carbocycles. The molecule has 0 radical (unpaired) electrons. The lowest BCUT2D eigenvalue weighted by atomic mass is 10.1. The van der Waals surface area contributed by atoms with Gasteiger partial charge in [-0.2, -0.15) is 0 Å². The molecule has 1 aromatic carbocycles. The van der Waals surface area contributed by atoms with E-state index >= 15 is 0 Å². The number of hydrogen-bond donors (Lipinski definition) is 1. The van der Waals surface area contributed by atoms with Gasteiger partial charge in [-0.1, -0.05) is 11.6 Å². The van der Waals surface area contributed by atoms with Crippen molar-refractivity contribution in [3.63, 3.8) is 0 Å². The van der Waals surface area contributed by atoms with Gasteiger partial charge in [0.1, 0.15) is 5.75 Å². The molecule has 20 heavy (non-hydrogen) atoms. The lowest BCUT2D eigenvalue weighted by Gasteiger charge is -2.06. The van der Waals surface area contributed by atoms with Crippen LogP contribution in [0.4, 0.5) is 0 Å². The maximum Gasteiger partial charge on any atom is 0.328 e. The Morgan fingerprint density at radius 3 is 2.70 bits per heavy atom. The molecule has 0 fully saturated rings. The molecule has 2 aromatic rings. The van der Waals surface area contributed by atoms with Gasteiger partial charge < -0.3 is 4.74 Å². The fourth-order valence-corrected chi connectivity index (χ4v) is 1.91. The first-order chi connectivity index (χ1) is 9.51. The SMILES string of the molecule is COc1ccc(C(=O)Cn2ccc(=O)[nH]c2=O)cc1Cl.